The van der Waals surface area contributed by atoms with Crippen LogP contribution in [0.2, 0.25) is 0 Å². The number of hydrogen-bond acceptors (Lipinski definition) is 4. The summed E-state index contributed by atoms with van der Waals surface area (Å²) in [6, 6.07) is -0.539. The Morgan fingerprint density at radius 2 is 1.81 bits per heavy atom. The third-order valence-electron chi connectivity index (χ3n) is 1.91. The van der Waals surface area contributed by atoms with E-state index < -0.39 is 17.9 Å². The predicted molar refractivity (Wildman–Crippen MR) is 52.7 cm³/mol. The first-order valence-electron chi connectivity index (χ1n) is 4.68. The van der Waals surface area contributed by atoms with Crippen LogP contribution in [-0.4, -0.2) is 54.2 Å². The van der Waals surface area contributed by atoms with Crippen molar-refractivity contribution >= 4 is 17.9 Å². The maximum Gasteiger partial charge on any atom is 0.328 e. The van der Waals surface area contributed by atoms with Gasteiger partial charge in [0.1, 0.15) is 0 Å². The molecule has 0 spiro atoms. The number of carboxylic acid groups (broad SMARTS) is 1. The van der Waals surface area contributed by atoms with Crippen LogP contribution in [0, 0.1) is 0 Å². The molecule has 88 valence electrons. The number of ether oxygens (including phenoxy) is 1. The number of morpholine rings is 1. The van der Waals surface area contributed by atoms with Gasteiger partial charge >= 0.3 is 12.0 Å². The molecule has 1 heterocycles. The molecule has 0 aromatic rings. The summed E-state index contributed by atoms with van der Waals surface area (Å²) in [6.45, 7) is 1.71. The standard InChI is InChI=1S/C9H12N2O5/c12-7(1-2-8(13)14)10-9(15)11-3-5-16-6-4-11/h1-2H,3-6H2,(H,13,14)(H,10,12,15). The lowest BCUT2D eigenvalue weighted by Gasteiger charge is -2.26. The van der Waals surface area contributed by atoms with Crippen LogP contribution < -0.4 is 5.32 Å². The van der Waals surface area contributed by atoms with E-state index in [0.717, 1.165) is 6.08 Å². The van der Waals surface area contributed by atoms with Crippen molar-refractivity contribution in [2.75, 3.05) is 26.3 Å². The van der Waals surface area contributed by atoms with E-state index in [-0.39, 0.29) is 0 Å². The van der Waals surface area contributed by atoms with Crippen LogP contribution in [0.1, 0.15) is 0 Å². The van der Waals surface area contributed by atoms with Crippen molar-refractivity contribution in [1.29, 1.82) is 0 Å². The minimum absolute atomic E-state index is 0.418. The Bertz CT molecular complexity index is 320. The van der Waals surface area contributed by atoms with Gasteiger partial charge in [0.25, 0.3) is 5.91 Å². The number of amides is 3. The third kappa shape index (κ3) is 4.09. The molecule has 0 aliphatic carbocycles. The first-order chi connectivity index (χ1) is 7.59. The second kappa shape index (κ2) is 5.86. The summed E-state index contributed by atoms with van der Waals surface area (Å²) < 4.78 is 5.04. The monoisotopic (exact) mass is 228 g/mol. The van der Waals surface area contributed by atoms with E-state index in [1.165, 1.54) is 4.90 Å². The van der Waals surface area contributed by atoms with Crippen molar-refractivity contribution in [2.24, 2.45) is 0 Å². The van der Waals surface area contributed by atoms with Crippen molar-refractivity contribution in [2.45, 2.75) is 0 Å². The van der Waals surface area contributed by atoms with Gasteiger partial charge in [0.05, 0.1) is 13.2 Å². The number of imide groups is 1. The average molecular weight is 228 g/mol. The average Bonchev–Trinajstić information content (AvgIpc) is 2.27. The summed E-state index contributed by atoms with van der Waals surface area (Å²) in [6.07, 6.45) is 1.46. The van der Waals surface area contributed by atoms with Gasteiger partial charge in [-0.05, 0) is 0 Å². The van der Waals surface area contributed by atoms with Gasteiger partial charge in [-0.1, -0.05) is 0 Å². The molecule has 2 N–H and O–H groups in total. The Labute approximate surface area is 91.7 Å². The molecule has 0 aromatic carbocycles. The predicted octanol–water partition coefficient (Wildman–Crippen LogP) is -0.804. The van der Waals surface area contributed by atoms with Crippen molar-refractivity contribution in [3.05, 3.63) is 12.2 Å². The molecule has 0 radical (unpaired) electrons. The molecule has 1 rings (SSSR count). The zero-order valence-corrected chi connectivity index (χ0v) is 8.51. The second-order valence-electron chi connectivity index (χ2n) is 3.07. The number of carboxylic acids is 1. The molecule has 0 aromatic heterocycles. The molecule has 1 aliphatic rings. The first-order valence-corrected chi connectivity index (χ1v) is 4.68. The van der Waals surface area contributed by atoms with Crippen molar-refractivity contribution in [1.82, 2.24) is 10.2 Å². The van der Waals surface area contributed by atoms with Crippen molar-refractivity contribution < 1.29 is 24.2 Å². The Hall–Kier alpha value is -1.89. The minimum atomic E-state index is -1.24. The topological polar surface area (TPSA) is 95.9 Å². The number of rotatable bonds is 2. The SMILES string of the molecule is O=C(O)C=CC(=O)NC(=O)N1CCOCC1. The van der Waals surface area contributed by atoms with E-state index in [9.17, 15) is 14.4 Å². The Kier molecular flexibility index (Phi) is 4.46. The summed E-state index contributed by atoms with van der Waals surface area (Å²) in [5.41, 5.74) is 0. The van der Waals surface area contributed by atoms with Gasteiger partial charge in [0.15, 0.2) is 0 Å². The number of carbonyl (C=O) groups excluding carboxylic acids is 2. The lowest BCUT2D eigenvalue weighted by atomic mass is 10.4. The van der Waals surface area contributed by atoms with E-state index in [4.69, 9.17) is 9.84 Å². The largest absolute Gasteiger partial charge is 0.478 e. The van der Waals surface area contributed by atoms with E-state index in [1.807, 2.05) is 5.32 Å². The molecule has 0 saturated carbocycles. The normalized spacial score (nSPS) is 16.1. The van der Waals surface area contributed by atoms with Gasteiger partial charge in [-0.2, -0.15) is 0 Å². The molecule has 7 heteroatoms. The molecule has 0 unspecified atom stereocenters. The summed E-state index contributed by atoms with van der Waals surface area (Å²) >= 11 is 0. The quantitative estimate of drug-likeness (QED) is 0.603. The highest BCUT2D eigenvalue weighted by Gasteiger charge is 2.17. The fourth-order valence-corrected chi connectivity index (χ4v) is 1.14. The molecule has 0 bridgehead atoms. The smallest absolute Gasteiger partial charge is 0.328 e. The highest BCUT2D eigenvalue weighted by molar-refractivity contribution is 6.02. The third-order valence-corrected chi connectivity index (χ3v) is 1.91. The summed E-state index contributed by atoms with van der Waals surface area (Å²) in [7, 11) is 0. The molecule has 1 saturated heterocycles. The first kappa shape index (κ1) is 12.2. The van der Waals surface area contributed by atoms with E-state index in [1.54, 1.807) is 0 Å². The van der Waals surface area contributed by atoms with Crippen LogP contribution in [0.25, 0.3) is 0 Å². The molecule has 16 heavy (non-hydrogen) atoms. The Morgan fingerprint density at radius 1 is 1.19 bits per heavy atom. The van der Waals surface area contributed by atoms with Gasteiger partial charge in [0, 0.05) is 25.2 Å². The zero-order valence-electron chi connectivity index (χ0n) is 8.51. The van der Waals surface area contributed by atoms with Crippen LogP contribution in [0.3, 0.4) is 0 Å². The van der Waals surface area contributed by atoms with Crippen molar-refractivity contribution in [3.63, 3.8) is 0 Å². The van der Waals surface area contributed by atoms with E-state index in [0.29, 0.717) is 32.4 Å². The Balaban J connectivity index is 2.38. The van der Waals surface area contributed by atoms with Crippen LogP contribution in [0.5, 0.6) is 0 Å². The van der Waals surface area contributed by atoms with Gasteiger partial charge < -0.3 is 14.7 Å². The molecular formula is C9H12N2O5. The number of nitrogens with zero attached hydrogens (tertiary/aromatic N) is 1. The van der Waals surface area contributed by atoms with Gasteiger partial charge in [0.2, 0.25) is 0 Å². The fraction of sp³-hybridized carbons (Fsp3) is 0.444. The van der Waals surface area contributed by atoms with Gasteiger partial charge in [-0.15, -0.1) is 0 Å². The summed E-state index contributed by atoms with van der Waals surface area (Å²) in [4.78, 5) is 34.0. The van der Waals surface area contributed by atoms with Crippen LogP contribution in [0.4, 0.5) is 4.79 Å². The fourth-order valence-electron chi connectivity index (χ4n) is 1.14. The maximum atomic E-state index is 11.4. The molecule has 1 aliphatic heterocycles. The lowest BCUT2D eigenvalue weighted by Crippen LogP contribution is -2.47. The van der Waals surface area contributed by atoms with Crippen molar-refractivity contribution in [3.8, 4) is 0 Å². The highest BCUT2D eigenvalue weighted by atomic mass is 16.5. The zero-order chi connectivity index (χ0) is 12.0. The minimum Gasteiger partial charge on any atom is -0.478 e. The maximum absolute atomic E-state index is 11.4. The number of carbonyl (C=O) groups is 3. The second-order valence-corrected chi connectivity index (χ2v) is 3.07. The van der Waals surface area contributed by atoms with Crippen LogP contribution >= 0.6 is 0 Å². The number of urea groups is 1. The van der Waals surface area contributed by atoms with Gasteiger partial charge in [-0.25, -0.2) is 9.59 Å². The summed E-state index contributed by atoms with van der Waals surface area (Å²) in [5, 5.41) is 10.3. The number of hydrogen-bond donors (Lipinski definition) is 2. The van der Waals surface area contributed by atoms with Crippen LogP contribution in [-0.2, 0) is 14.3 Å². The van der Waals surface area contributed by atoms with E-state index in [2.05, 4.69) is 0 Å². The van der Waals surface area contributed by atoms with Gasteiger partial charge in [-0.3, -0.25) is 10.1 Å². The van der Waals surface area contributed by atoms with E-state index >= 15 is 0 Å². The molecule has 3 amide bonds. The van der Waals surface area contributed by atoms with Crippen LogP contribution in [0.15, 0.2) is 12.2 Å². The number of aliphatic carboxylic acids is 1. The molecule has 1 fully saturated rings. The number of nitrogens with one attached hydrogen (secondary N) is 1. The lowest BCUT2D eigenvalue weighted by molar-refractivity contribution is -0.131. The molecular weight excluding hydrogens is 216 g/mol. The highest BCUT2D eigenvalue weighted by Crippen LogP contribution is 1.96. The Morgan fingerprint density at radius 3 is 2.38 bits per heavy atom. The summed E-state index contributed by atoms with van der Waals surface area (Å²) in [5.74, 6) is -1.99. The molecule has 0 atom stereocenters. The molecule has 7 nitrogen and oxygen atoms in total.